The highest BCUT2D eigenvalue weighted by molar-refractivity contribution is 4.99. The third-order valence-corrected chi connectivity index (χ3v) is 1.52. The molecule has 0 aromatic carbocycles. The molecule has 0 N–H and O–H groups in total. The predicted octanol–water partition coefficient (Wildman–Crippen LogP) is 4.56. The Bertz CT molecular complexity index is 80.0. The highest BCUT2D eigenvalue weighted by atomic mass is 13.9. The molecule has 0 unspecified atom stereocenters. The Morgan fingerprint density at radius 1 is 1.09 bits per heavy atom. The second kappa shape index (κ2) is 12.4. The molecule has 11 heavy (non-hydrogen) atoms. The van der Waals surface area contributed by atoms with Gasteiger partial charge in [-0.15, -0.1) is 0 Å². The van der Waals surface area contributed by atoms with E-state index in [4.69, 9.17) is 0 Å². The van der Waals surface area contributed by atoms with Crippen LogP contribution in [0.15, 0.2) is 11.6 Å². The van der Waals surface area contributed by atoms with E-state index in [1.54, 1.807) is 5.57 Å². The molecule has 0 aliphatic carbocycles. The second-order valence-corrected chi connectivity index (χ2v) is 2.37. The van der Waals surface area contributed by atoms with Gasteiger partial charge in [0.2, 0.25) is 0 Å². The van der Waals surface area contributed by atoms with E-state index in [0.29, 0.717) is 0 Å². The van der Waals surface area contributed by atoms with Gasteiger partial charge in [0.05, 0.1) is 0 Å². The monoisotopic (exact) mass is 156 g/mol. The van der Waals surface area contributed by atoms with Gasteiger partial charge >= 0.3 is 0 Å². The fourth-order valence-electron chi connectivity index (χ4n) is 1.03. The van der Waals surface area contributed by atoms with E-state index in [-0.39, 0.29) is 0 Å². The zero-order valence-electron chi connectivity index (χ0n) is 8.91. The first-order valence-electron chi connectivity index (χ1n) is 5.03. The molecule has 0 rings (SSSR count). The number of allylic oxidation sites excluding steroid dienone is 2. The van der Waals surface area contributed by atoms with Crippen LogP contribution in [0.2, 0.25) is 0 Å². The summed E-state index contributed by atoms with van der Waals surface area (Å²) in [6.07, 6.45) is 7.37. The SMILES string of the molecule is CC.CC/C=C(/CC)CCC. The van der Waals surface area contributed by atoms with Crippen molar-refractivity contribution in [2.75, 3.05) is 0 Å². The molecule has 0 nitrogen and oxygen atoms in total. The smallest absolute Gasteiger partial charge is 0.0323 e. The molecule has 0 atom stereocenters. The summed E-state index contributed by atoms with van der Waals surface area (Å²) < 4.78 is 0. The standard InChI is InChI=1S/C9H18.C2H6/c1-4-7-9(6-3)8-5-2;1-2/h7H,4-6,8H2,1-3H3;1-2H3/b9-7-;. The average molecular weight is 156 g/mol. The topological polar surface area (TPSA) is 0 Å². The van der Waals surface area contributed by atoms with Gasteiger partial charge in [-0.25, -0.2) is 0 Å². The predicted molar refractivity (Wildman–Crippen MR) is 54.9 cm³/mol. The van der Waals surface area contributed by atoms with Crippen molar-refractivity contribution in [3.8, 4) is 0 Å². The molecule has 0 bridgehead atoms. The van der Waals surface area contributed by atoms with Crippen LogP contribution >= 0.6 is 0 Å². The second-order valence-electron chi connectivity index (χ2n) is 2.37. The van der Waals surface area contributed by atoms with Gasteiger partial charge in [-0.3, -0.25) is 0 Å². The maximum atomic E-state index is 2.35. The van der Waals surface area contributed by atoms with Crippen molar-refractivity contribution in [1.29, 1.82) is 0 Å². The highest BCUT2D eigenvalue weighted by Crippen LogP contribution is 2.08. The van der Waals surface area contributed by atoms with Crippen molar-refractivity contribution in [1.82, 2.24) is 0 Å². The van der Waals surface area contributed by atoms with E-state index in [2.05, 4.69) is 26.8 Å². The molecule has 0 aromatic heterocycles. The van der Waals surface area contributed by atoms with Gasteiger partial charge in [-0.2, -0.15) is 0 Å². The highest BCUT2D eigenvalue weighted by Gasteiger charge is 1.88. The van der Waals surface area contributed by atoms with Crippen LogP contribution in [-0.4, -0.2) is 0 Å². The van der Waals surface area contributed by atoms with E-state index in [9.17, 15) is 0 Å². The Balaban J connectivity index is 0. The van der Waals surface area contributed by atoms with Gasteiger partial charge in [0.25, 0.3) is 0 Å². The van der Waals surface area contributed by atoms with Crippen molar-refractivity contribution >= 4 is 0 Å². The molecule has 0 fully saturated rings. The molecule has 0 saturated carbocycles. The average Bonchev–Trinajstić information content (AvgIpc) is 2.08. The lowest BCUT2D eigenvalue weighted by atomic mass is 10.1. The summed E-state index contributed by atoms with van der Waals surface area (Å²) in [4.78, 5) is 0. The lowest BCUT2D eigenvalue weighted by molar-refractivity contribution is 0.849. The molecule has 0 amide bonds. The van der Waals surface area contributed by atoms with Crippen LogP contribution in [0, 0.1) is 0 Å². The van der Waals surface area contributed by atoms with Gasteiger partial charge in [0.1, 0.15) is 0 Å². The molecule has 0 aliphatic heterocycles. The molecule has 0 heteroatoms. The Labute approximate surface area is 72.7 Å². The molecule has 0 aliphatic rings. The summed E-state index contributed by atoms with van der Waals surface area (Å²) in [5.74, 6) is 0. The largest absolute Gasteiger partial charge is 0.0856 e. The minimum Gasteiger partial charge on any atom is -0.0856 e. The van der Waals surface area contributed by atoms with Crippen LogP contribution in [0.25, 0.3) is 0 Å². The zero-order chi connectivity index (χ0) is 9.11. The van der Waals surface area contributed by atoms with Crippen LogP contribution in [-0.2, 0) is 0 Å². The first-order chi connectivity index (χ1) is 5.35. The van der Waals surface area contributed by atoms with Gasteiger partial charge < -0.3 is 0 Å². The quantitative estimate of drug-likeness (QED) is 0.523. The maximum Gasteiger partial charge on any atom is -0.0323 e. The number of hydrogen-bond acceptors (Lipinski definition) is 0. The number of rotatable bonds is 4. The Morgan fingerprint density at radius 3 is 1.91 bits per heavy atom. The lowest BCUT2D eigenvalue weighted by Crippen LogP contribution is -1.78. The van der Waals surface area contributed by atoms with Crippen LogP contribution in [0.5, 0.6) is 0 Å². The molecular formula is C11H24. The van der Waals surface area contributed by atoms with Gasteiger partial charge in [-0.05, 0) is 19.3 Å². The molecule has 0 heterocycles. The van der Waals surface area contributed by atoms with Crippen molar-refractivity contribution in [2.45, 2.75) is 60.3 Å². The van der Waals surface area contributed by atoms with Gasteiger partial charge in [0, 0.05) is 0 Å². The molecule has 0 saturated heterocycles. The zero-order valence-corrected chi connectivity index (χ0v) is 8.91. The summed E-state index contributed by atoms with van der Waals surface area (Å²) in [5.41, 5.74) is 1.63. The minimum atomic E-state index is 1.20. The lowest BCUT2D eigenvalue weighted by Gasteiger charge is -1.99. The molecule has 0 spiro atoms. The molecule has 0 aromatic rings. The van der Waals surface area contributed by atoms with Crippen molar-refractivity contribution in [2.24, 2.45) is 0 Å². The summed E-state index contributed by atoms with van der Waals surface area (Å²) in [6, 6.07) is 0. The normalized spacial score (nSPS) is 10.5. The Kier molecular flexibility index (Phi) is 15.1. The first-order valence-corrected chi connectivity index (χ1v) is 5.03. The van der Waals surface area contributed by atoms with Crippen molar-refractivity contribution in [3.05, 3.63) is 11.6 Å². The fourth-order valence-corrected chi connectivity index (χ4v) is 1.03. The summed E-state index contributed by atoms with van der Waals surface area (Å²) in [5, 5.41) is 0. The fraction of sp³-hybridized carbons (Fsp3) is 0.818. The van der Waals surface area contributed by atoms with Crippen molar-refractivity contribution in [3.63, 3.8) is 0 Å². The summed E-state index contributed by atoms with van der Waals surface area (Å²) in [7, 11) is 0. The van der Waals surface area contributed by atoms with Crippen LogP contribution in [0.1, 0.15) is 60.3 Å². The first kappa shape index (κ1) is 13.3. The van der Waals surface area contributed by atoms with Crippen LogP contribution in [0.4, 0.5) is 0 Å². The van der Waals surface area contributed by atoms with Crippen molar-refractivity contribution < 1.29 is 0 Å². The Hall–Kier alpha value is -0.260. The van der Waals surface area contributed by atoms with E-state index in [1.807, 2.05) is 13.8 Å². The van der Waals surface area contributed by atoms with E-state index < -0.39 is 0 Å². The third kappa shape index (κ3) is 9.74. The maximum absolute atomic E-state index is 2.35. The minimum absolute atomic E-state index is 1.20. The van der Waals surface area contributed by atoms with E-state index in [1.165, 1.54) is 25.7 Å². The Morgan fingerprint density at radius 2 is 1.64 bits per heavy atom. The summed E-state index contributed by atoms with van der Waals surface area (Å²) in [6.45, 7) is 10.7. The summed E-state index contributed by atoms with van der Waals surface area (Å²) >= 11 is 0. The van der Waals surface area contributed by atoms with Crippen LogP contribution in [0.3, 0.4) is 0 Å². The third-order valence-electron chi connectivity index (χ3n) is 1.52. The number of hydrogen-bond donors (Lipinski definition) is 0. The van der Waals surface area contributed by atoms with Gasteiger partial charge in [0.15, 0.2) is 0 Å². The molecule has 0 radical (unpaired) electrons. The van der Waals surface area contributed by atoms with E-state index >= 15 is 0 Å². The van der Waals surface area contributed by atoms with Crippen LogP contribution < -0.4 is 0 Å². The van der Waals surface area contributed by atoms with E-state index in [0.717, 1.165) is 0 Å². The molecule has 68 valence electrons. The van der Waals surface area contributed by atoms with Gasteiger partial charge in [-0.1, -0.05) is 52.7 Å². The molecular weight excluding hydrogens is 132 g/mol.